The predicted octanol–water partition coefficient (Wildman–Crippen LogP) is 8.07. The third kappa shape index (κ3) is 4.91. The zero-order valence-electron chi connectivity index (χ0n) is 17.9. The molecule has 34 heavy (non-hydrogen) atoms. The molecule has 0 bridgehead atoms. The van der Waals surface area contributed by atoms with Crippen molar-refractivity contribution in [1.82, 2.24) is 4.98 Å². The van der Waals surface area contributed by atoms with Crippen LogP contribution in [0.5, 0.6) is 0 Å². The van der Waals surface area contributed by atoms with Crippen LogP contribution in [0.3, 0.4) is 0 Å². The van der Waals surface area contributed by atoms with Crippen LogP contribution >= 0.6 is 23.4 Å². The number of para-hydroxylation sites is 1. The molecule has 0 spiro atoms. The smallest absolute Gasteiger partial charge is 0.256 e. The van der Waals surface area contributed by atoms with E-state index < -0.39 is 0 Å². The molecule has 4 aromatic carbocycles. The van der Waals surface area contributed by atoms with E-state index in [2.05, 4.69) is 10.3 Å². The van der Waals surface area contributed by atoms with E-state index in [1.54, 1.807) is 36.2 Å². The Hall–Kier alpha value is -3.80. The Morgan fingerprint density at radius 3 is 2.35 bits per heavy atom. The highest BCUT2D eigenvalue weighted by atomic mass is 35.5. The van der Waals surface area contributed by atoms with Crippen molar-refractivity contribution < 1.29 is 9.21 Å². The van der Waals surface area contributed by atoms with Gasteiger partial charge in [0.15, 0.2) is 5.76 Å². The van der Waals surface area contributed by atoms with E-state index in [0.29, 0.717) is 27.8 Å². The molecule has 0 unspecified atom stereocenters. The van der Waals surface area contributed by atoms with Gasteiger partial charge in [-0.3, -0.25) is 4.79 Å². The molecule has 1 N–H and O–H groups in total. The Bertz CT molecular complexity index is 1430. The number of amides is 1. The van der Waals surface area contributed by atoms with Crippen LogP contribution < -0.4 is 5.32 Å². The maximum atomic E-state index is 13.3. The molecule has 0 aliphatic heterocycles. The second-order valence-electron chi connectivity index (χ2n) is 7.45. The van der Waals surface area contributed by atoms with Crippen molar-refractivity contribution in [3.05, 3.63) is 120 Å². The molecule has 0 fully saturated rings. The Morgan fingerprint density at radius 1 is 0.824 bits per heavy atom. The Balaban J connectivity index is 1.42. The summed E-state index contributed by atoms with van der Waals surface area (Å²) in [4.78, 5) is 19.8. The summed E-state index contributed by atoms with van der Waals surface area (Å²) in [5.41, 5.74) is 2.70. The molecule has 0 radical (unpaired) electrons. The van der Waals surface area contributed by atoms with E-state index in [1.807, 2.05) is 84.9 Å². The van der Waals surface area contributed by atoms with Gasteiger partial charge in [-0.15, -0.1) is 0 Å². The zero-order chi connectivity index (χ0) is 23.3. The van der Waals surface area contributed by atoms with Crippen LogP contribution in [0.2, 0.25) is 5.02 Å². The number of rotatable bonds is 6. The number of nitrogens with one attached hydrogen (secondary N) is 1. The van der Waals surface area contributed by atoms with Crippen molar-refractivity contribution in [3.8, 4) is 22.8 Å². The topological polar surface area (TPSA) is 55.1 Å². The van der Waals surface area contributed by atoms with Crippen molar-refractivity contribution in [2.75, 3.05) is 5.32 Å². The number of carbonyl (C=O) groups is 1. The molecule has 0 saturated carbocycles. The Labute approximate surface area is 206 Å². The number of hydrogen-bond acceptors (Lipinski definition) is 4. The molecule has 166 valence electrons. The maximum Gasteiger partial charge on any atom is 0.256 e. The lowest BCUT2D eigenvalue weighted by Crippen LogP contribution is -2.13. The highest BCUT2D eigenvalue weighted by molar-refractivity contribution is 7.99. The lowest BCUT2D eigenvalue weighted by atomic mass is 10.1. The summed E-state index contributed by atoms with van der Waals surface area (Å²) >= 11 is 7.59. The fraction of sp³-hybridized carbons (Fsp3) is 0. The standard InChI is InChI=1S/C28H19ClN2O2S/c29-20-16-14-19(15-17-20)25-18-30-28(33-25)23-11-5-4-10-22(23)27(32)31-24-12-6-7-13-26(24)34-21-8-2-1-3-9-21/h1-18H,(H,31,32). The average Bonchev–Trinajstić information content (AvgIpc) is 3.36. The first-order valence-electron chi connectivity index (χ1n) is 10.6. The molecule has 0 aliphatic rings. The maximum absolute atomic E-state index is 13.3. The second kappa shape index (κ2) is 10.00. The van der Waals surface area contributed by atoms with E-state index in [4.69, 9.17) is 16.0 Å². The van der Waals surface area contributed by atoms with Gasteiger partial charge in [-0.05, 0) is 60.7 Å². The van der Waals surface area contributed by atoms with Crippen molar-refractivity contribution in [3.63, 3.8) is 0 Å². The van der Waals surface area contributed by atoms with Gasteiger partial charge in [-0.25, -0.2) is 4.98 Å². The van der Waals surface area contributed by atoms with Gasteiger partial charge in [0.1, 0.15) is 0 Å². The zero-order valence-corrected chi connectivity index (χ0v) is 19.5. The quantitative estimate of drug-likeness (QED) is 0.266. The Morgan fingerprint density at radius 2 is 1.53 bits per heavy atom. The summed E-state index contributed by atoms with van der Waals surface area (Å²) in [6, 6.07) is 32.4. The number of carbonyl (C=O) groups excluding carboxylic acids is 1. The van der Waals surface area contributed by atoms with Crippen LogP contribution in [-0.4, -0.2) is 10.9 Å². The number of anilines is 1. The number of oxazole rings is 1. The molecule has 0 atom stereocenters. The van der Waals surface area contributed by atoms with Gasteiger partial charge in [-0.1, -0.05) is 65.8 Å². The summed E-state index contributed by atoms with van der Waals surface area (Å²) in [7, 11) is 0. The van der Waals surface area contributed by atoms with Gasteiger partial charge in [0, 0.05) is 25.9 Å². The summed E-state index contributed by atoms with van der Waals surface area (Å²) in [6.45, 7) is 0. The fourth-order valence-electron chi connectivity index (χ4n) is 3.48. The van der Waals surface area contributed by atoms with E-state index in [1.165, 1.54) is 0 Å². The van der Waals surface area contributed by atoms with Gasteiger partial charge in [0.2, 0.25) is 5.89 Å². The summed E-state index contributed by atoms with van der Waals surface area (Å²) in [5, 5.41) is 3.71. The first-order valence-corrected chi connectivity index (χ1v) is 11.8. The number of benzene rings is 4. The molecule has 1 amide bonds. The molecule has 6 heteroatoms. The van der Waals surface area contributed by atoms with Crippen LogP contribution in [0, 0.1) is 0 Å². The van der Waals surface area contributed by atoms with Gasteiger partial charge in [0.05, 0.1) is 17.4 Å². The fourth-order valence-corrected chi connectivity index (χ4v) is 4.53. The van der Waals surface area contributed by atoms with Crippen molar-refractivity contribution in [2.45, 2.75) is 9.79 Å². The molecule has 1 aromatic heterocycles. The third-order valence-electron chi connectivity index (χ3n) is 5.14. The van der Waals surface area contributed by atoms with Crippen LogP contribution in [0.4, 0.5) is 5.69 Å². The molecule has 1 heterocycles. The summed E-state index contributed by atoms with van der Waals surface area (Å²) < 4.78 is 6.00. The highest BCUT2D eigenvalue weighted by Crippen LogP contribution is 2.34. The van der Waals surface area contributed by atoms with Crippen LogP contribution in [0.15, 0.2) is 124 Å². The minimum absolute atomic E-state index is 0.233. The van der Waals surface area contributed by atoms with E-state index in [9.17, 15) is 4.79 Å². The van der Waals surface area contributed by atoms with Crippen LogP contribution in [0.1, 0.15) is 10.4 Å². The molecule has 0 aliphatic carbocycles. The molecule has 0 saturated heterocycles. The van der Waals surface area contributed by atoms with Crippen LogP contribution in [0.25, 0.3) is 22.8 Å². The molecular formula is C28H19ClN2O2S. The summed E-state index contributed by atoms with van der Waals surface area (Å²) in [6.07, 6.45) is 1.65. The van der Waals surface area contributed by atoms with Crippen LogP contribution in [-0.2, 0) is 0 Å². The molecule has 5 aromatic rings. The molecule has 5 rings (SSSR count). The molecular weight excluding hydrogens is 464 g/mol. The largest absolute Gasteiger partial charge is 0.436 e. The molecule has 4 nitrogen and oxygen atoms in total. The second-order valence-corrected chi connectivity index (χ2v) is 9.00. The van der Waals surface area contributed by atoms with Gasteiger partial charge >= 0.3 is 0 Å². The highest BCUT2D eigenvalue weighted by Gasteiger charge is 2.18. The lowest BCUT2D eigenvalue weighted by Gasteiger charge is -2.12. The van der Waals surface area contributed by atoms with Crippen molar-refractivity contribution in [2.24, 2.45) is 0 Å². The lowest BCUT2D eigenvalue weighted by molar-refractivity contribution is 0.102. The monoisotopic (exact) mass is 482 g/mol. The third-order valence-corrected chi connectivity index (χ3v) is 6.48. The first-order chi connectivity index (χ1) is 16.7. The number of aromatic nitrogens is 1. The number of hydrogen-bond donors (Lipinski definition) is 1. The van der Waals surface area contributed by atoms with E-state index in [-0.39, 0.29) is 5.91 Å². The van der Waals surface area contributed by atoms with Gasteiger partial charge < -0.3 is 9.73 Å². The first kappa shape index (κ1) is 22.0. The predicted molar refractivity (Wildman–Crippen MR) is 137 cm³/mol. The van der Waals surface area contributed by atoms with E-state index in [0.717, 1.165) is 21.0 Å². The normalized spacial score (nSPS) is 10.7. The SMILES string of the molecule is O=C(Nc1ccccc1Sc1ccccc1)c1ccccc1-c1ncc(-c2ccc(Cl)cc2)o1. The minimum Gasteiger partial charge on any atom is -0.436 e. The Kier molecular flexibility index (Phi) is 6.47. The van der Waals surface area contributed by atoms with Gasteiger partial charge in [-0.2, -0.15) is 0 Å². The van der Waals surface area contributed by atoms with Gasteiger partial charge in [0.25, 0.3) is 5.91 Å². The number of halogens is 1. The summed E-state index contributed by atoms with van der Waals surface area (Å²) in [5.74, 6) is 0.747. The van der Waals surface area contributed by atoms with E-state index >= 15 is 0 Å². The minimum atomic E-state index is -0.233. The van der Waals surface area contributed by atoms with Crippen molar-refractivity contribution >= 4 is 35.0 Å². The van der Waals surface area contributed by atoms with Crippen molar-refractivity contribution in [1.29, 1.82) is 0 Å². The number of nitrogens with zero attached hydrogens (tertiary/aromatic N) is 1. The average molecular weight is 483 g/mol.